The second-order valence-electron chi connectivity index (χ2n) is 6.46. The lowest BCUT2D eigenvalue weighted by molar-refractivity contribution is -0.149. The first-order chi connectivity index (χ1) is 10.6. The van der Waals surface area contributed by atoms with Crippen molar-refractivity contribution in [2.45, 2.75) is 57.8 Å². The Morgan fingerprint density at radius 2 is 1.96 bits per heavy atom. The lowest BCUT2D eigenvalue weighted by Gasteiger charge is -2.25. The molecule has 7 nitrogen and oxygen atoms in total. The lowest BCUT2D eigenvalue weighted by Crippen LogP contribution is -2.40. The van der Waals surface area contributed by atoms with Gasteiger partial charge < -0.3 is 19.5 Å². The number of amides is 1. The summed E-state index contributed by atoms with van der Waals surface area (Å²) in [7, 11) is 0. The smallest absolute Gasteiger partial charge is 0.326 e. The number of carbonyl (C=O) groups excluding carboxylic acids is 2. The van der Waals surface area contributed by atoms with Gasteiger partial charge in [-0.15, -0.1) is 0 Å². The molecule has 0 aromatic heterocycles. The number of esters is 1. The van der Waals surface area contributed by atoms with Crippen LogP contribution in [-0.4, -0.2) is 58.8 Å². The van der Waals surface area contributed by atoms with E-state index in [4.69, 9.17) is 9.47 Å². The highest BCUT2D eigenvalue weighted by molar-refractivity contribution is 5.86. The molecule has 1 fully saturated rings. The molecule has 0 bridgehead atoms. The molecule has 1 saturated heterocycles. The van der Waals surface area contributed by atoms with Crippen LogP contribution >= 0.6 is 0 Å². The molecule has 0 radical (unpaired) electrons. The summed E-state index contributed by atoms with van der Waals surface area (Å²) in [6, 6.07) is -0.918. The number of hydrogen-bond acceptors (Lipinski definition) is 5. The van der Waals surface area contributed by atoms with E-state index >= 15 is 0 Å². The average Bonchev–Trinajstić information content (AvgIpc) is 2.84. The Bertz CT molecular complexity index is 468. The first-order valence-corrected chi connectivity index (χ1v) is 7.60. The van der Waals surface area contributed by atoms with Gasteiger partial charge in [-0.3, -0.25) is 9.59 Å². The SMILES string of the molecule is C=CCOC(=O)CCC(=O)N1C[C@H](OC(C)(C)C)C[C@H]1C(=O)O. The molecule has 0 saturated carbocycles. The zero-order valence-corrected chi connectivity index (χ0v) is 13.9. The van der Waals surface area contributed by atoms with Crippen LogP contribution in [-0.2, 0) is 23.9 Å². The number of aliphatic carboxylic acids is 1. The minimum Gasteiger partial charge on any atom is -0.480 e. The van der Waals surface area contributed by atoms with Crippen LogP contribution in [0.2, 0.25) is 0 Å². The van der Waals surface area contributed by atoms with Crippen molar-refractivity contribution in [1.82, 2.24) is 4.90 Å². The molecular weight excluding hydrogens is 302 g/mol. The van der Waals surface area contributed by atoms with E-state index in [0.717, 1.165) is 0 Å². The summed E-state index contributed by atoms with van der Waals surface area (Å²) in [5.41, 5.74) is -0.415. The van der Waals surface area contributed by atoms with Gasteiger partial charge in [-0.2, -0.15) is 0 Å². The number of rotatable bonds is 7. The molecule has 0 aromatic rings. The Kier molecular flexibility index (Phi) is 6.75. The molecule has 0 unspecified atom stereocenters. The summed E-state index contributed by atoms with van der Waals surface area (Å²) in [6.07, 6.45) is 1.20. The van der Waals surface area contributed by atoms with Crippen LogP contribution in [0.1, 0.15) is 40.0 Å². The minimum absolute atomic E-state index is 0.0814. The normalized spacial score (nSPS) is 21.1. The topological polar surface area (TPSA) is 93.1 Å². The van der Waals surface area contributed by atoms with Crippen LogP contribution < -0.4 is 0 Å². The van der Waals surface area contributed by atoms with E-state index in [9.17, 15) is 19.5 Å². The lowest BCUT2D eigenvalue weighted by atomic mass is 10.1. The molecule has 1 aliphatic rings. The van der Waals surface area contributed by atoms with E-state index in [1.165, 1.54) is 11.0 Å². The van der Waals surface area contributed by atoms with Gasteiger partial charge in [0.05, 0.1) is 18.1 Å². The molecule has 1 heterocycles. The number of nitrogens with zero attached hydrogens (tertiary/aromatic N) is 1. The quantitative estimate of drug-likeness (QED) is 0.561. The number of likely N-dealkylation sites (tertiary alicyclic amines) is 1. The molecule has 2 atom stereocenters. The van der Waals surface area contributed by atoms with Crippen molar-refractivity contribution >= 4 is 17.8 Å². The van der Waals surface area contributed by atoms with Crippen LogP contribution in [0.15, 0.2) is 12.7 Å². The first-order valence-electron chi connectivity index (χ1n) is 7.60. The van der Waals surface area contributed by atoms with Crippen LogP contribution in [0, 0.1) is 0 Å². The number of hydrogen-bond donors (Lipinski definition) is 1. The van der Waals surface area contributed by atoms with Gasteiger partial charge in [0.15, 0.2) is 0 Å². The third kappa shape index (κ3) is 6.40. The first kappa shape index (κ1) is 19.2. The molecule has 1 rings (SSSR count). The van der Waals surface area contributed by atoms with Gasteiger partial charge in [0.25, 0.3) is 0 Å². The van der Waals surface area contributed by atoms with E-state index in [1.807, 2.05) is 20.8 Å². The third-order valence-electron chi connectivity index (χ3n) is 3.29. The number of carbonyl (C=O) groups is 3. The Morgan fingerprint density at radius 3 is 2.48 bits per heavy atom. The summed E-state index contributed by atoms with van der Waals surface area (Å²) in [5, 5.41) is 9.29. The Morgan fingerprint density at radius 1 is 1.30 bits per heavy atom. The summed E-state index contributed by atoms with van der Waals surface area (Å²) >= 11 is 0. The van der Waals surface area contributed by atoms with Crippen LogP contribution in [0.25, 0.3) is 0 Å². The molecule has 0 spiro atoms. The maximum absolute atomic E-state index is 12.2. The fourth-order valence-electron chi connectivity index (χ4n) is 2.47. The fourth-order valence-corrected chi connectivity index (χ4v) is 2.47. The summed E-state index contributed by atoms with van der Waals surface area (Å²) in [4.78, 5) is 36.3. The predicted octanol–water partition coefficient (Wildman–Crippen LogP) is 1.36. The van der Waals surface area contributed by atoms with E-state index in [0.29, 0.717) is 0 Å². The Hall–Kier alpha value is -1.89. The van der Waals surface area contributed by atoms with Crippen molar-refractivity contribution in [3.8, 4) is 0 Å². The number of carboxylic acids is 1. The van der Waals surface area contributed by atoms with Crippen LogP contribution in [0.4, 0.5) is 0 Å². The summed E-state index contributed by atoms with van der Waals surface area (Å²) in [6.45, 7) is 9.37. The summed E-state index contributed by atoms with van der Waals surface area (Å²) < 4.78 is 10.6. The van der Waals surface area contributed by atoms with Crippen molar-refractivity contribution in [1.29, 1.82) is 0 Å². The van der Waals surface area contributed by atoms with Crippen LogP contribution in [0.5, 0.6) is 0 Å². The molecule has 23 heavy (non-hydrogen) atoms. The van der Waals surface area contributed by atoms with Gasteiger partial charge in [0, 0.05) is 19.4 Å². The van der Waals surface area contributed by atoms with Crippen molar-refractivity contribution < 1.29 is 29.0 Å². The maximum atomic E-state index is 12.2. The molecular formula is C16H25NO6. The van der Waals surface area contributed by atoms with Crippen molar-refractivity contribution in [2.75, 3.05) is 13.2 Å². The fraction of sp³-hybridized carbons (Fsp3) is 0.688. The van der Waals surface area contributed by atoms with E-state index < -0.39 is 23.6 Å². The van der Waals surface area contributed by atoms with E-state index in [-0.39, 0.29) is 44.4 Å². The van der Waals surface area contributed by atoms with Gasteiger partial charge >= 0.3 is 11.9 Å². The highest BCUT2D eigenvalue weighted by Gasteiger charge is 2.41. The van der Waals surface area contributed by atoms with Gasteiger partial charge in [-0.05, 0) is 20.8 Å². The predicted molar refractivity (Wildman–Crippen MR) is 82.8 cm³/mol. The minimum atomic E-state index is -1.06. The van der Waals surface area contributed by atoms with Crippen molar-refractivity contribution in [3.63, 3.8) is 0 Å². The molecule has 0 aliphatic carbocycles. The Balaban J connectivity index is 2.60. The maximum Gasteiger partial charge on any atom is 0.326 e. The van der Waals surface area contributed by atoms with Gasteiger partial charge in [-0.1, -0.05) is 12.7 Å². The van der Waals surface area contributed by atoms with Crippen molar-refractivity contribution in [2.24, 2.45) is 0 Å². The van der Waals surface area contributed by atoms with Gasteiger partial charge in [0.1, 0.15) is 12.6 Å². The standard InChI is InChI=1S/C16H25NO6/c1-5-8-22-14(19)7-6-13(18)17-10-11(23-16(2,3)4)9-12(17)15(20)21/h5,11-12H,1,6-10H2,2-4H3,(H,20,21)/t11-,12+/m1/s1. The monoisotopic (exact) mass is 327 g/mol. The summed E-state index contributed by atoms with van der Waals surface area (Å²) in [5.74, 6) is -1.95. The largest absolute Gasteiger partial charge is 0.480 e. The molecule has 7 heteroatoms. The average molecular weight is 327 g/mol. The zero-order chi connectivity index (χ0) is 17.6. The molecule has 1 N–H and O–H groups in total. The van der Waals surface area contributed by atoms with Crippen molar-refractivity contribution in [3.05, 3.63) is 12.7 Å². The molecule has 1 amide bonds. The highest BCUT2D eigenvalue weighted by Crippen LogP contribution is 2.25. The van der Waals surface area contributed by atoms with E-state index in [1.54, 1.807) is 0 Å². The highest BCUT2D eigenvalue weighted by atomic mass is 16.5. The van der Waals surface area contributed by atoms with Crippen LogP contribution in [0.3, 0.4) is 0 Å². The Labute approximate surface area is 136 Å². The number of carboxylic acid groups (broad SMARTS) is 1. The molecule has 130 valence electrons. The van der Waals surface area contributed by atoms with E-state index in [2.05, 4.69) is 6.58 Å². The van der Waals surface area contributed by atoms with Gasteiger partial charge in [0.2, 0.25) is 5.91 Å². The third-order valence-corrected chi connectivity index (χ3v) is 3.29. The molecule has 1 aliphatic heterocycles. The second-order valence-corrected chi connectivity index (χ2v) is 6.46. The zero-order valence-electron chi connectivity index (χ0n) is 13.9. The molecule has 0 aromatic carbocycles. The number of ether oxygens (including phenoxy) is 2. The second kappa shape index (κ2) is 8.10. The van der Waals surface area contributed by atoms with Gasteiger partial charge in [-0.25, -0.2) is 4.79 Å².